The molecule has 1 atom stereocenters. The molecule has 2 aromatic carbocycles. The lowest BCUT2D eigenvalue weighted by atomic mass is 10.1. The van der Waals surface area contributed by atoms with Crippen molar-refractivity contribution in [3.8, 4) is 12.3 Å². The average Bonchev–Trinajstić information content (AvgIpc) is 2.99. The van der Waals surface area contributed by atoms with Crippen LogP contribution in [0.3, 0.4) is 0 Å². The summed E-state index contributed by atoms with van der Waals surface area (Å²) in [5, 5.41) is 0. The molecule has 10 heteroatoms. The molecular formula is C23H21FN2O6S. The summed E-state index contributed by atoms with van der Waals surface area (Å²) in [5.74, 6) is -0.435. The zero-order valence-electron chi connectivity index (χ0n) is 17.5. The van der Waals surface area contributed by atoms with Crippen molar-refractivity contribution in [1.82, 2.24) is 9.62 Å². The molecule has 0 bridgehead atoms. The van der Waals surface area contributed by atoms with Crippen molar-refractivity contribution in [2.45, 2.75) is 30.3 Å². The number of hydrogen-bond donors (Lipinski definition) is 1. The fraction of sp³-hybridized carbons (Fsp3) is 0.261. The Hall–Kier alpha value is -3.55. The second-order valence-corrected chi connectivity index (χ2v) is 9.01. The Morgan fingerprint density at radius 3 is 2.36 bits per heavy atom. The standard InChI is InChI=1S/C23H21FN2O6S/c1-2-14-25-33(30,31)19-12-8-17(9-13-19)23(29)32-20-5-3-4-15-26(22(20)28)21(27)16-6-10-18(24)11-7-16/h1,6-13,20,25H,3-5,14-15H2/t20-/m1/s1. The number of hydrogen-bond acceptors (Lipinski definition) is 6. The number of amides is 2. The summed E-state index contributed by atoms with van der Waals surface area (Å²) in [7, 11) is -3.82. The first kappa shape index (κ1) is 24.1. The number of rotatable bonds is 6. The van der Waals surface area contributed by atoms with Crippen molar-refractivity contribution in [2.24, 2.45) is 0 Å². The van der Waals surface area contributed by atoms with Gasteiger partial charge in [0.25, 0.3) is 11.8 Å². The smallest absolute Gasteiger partial charge is 0.338 e. The fourth-order valence-corrected chi connectivity index (χ4v) is 4.19. The average molecular weight is 472 g/mol. The zero-order chi connectivity index (χ0) is 24.0. The van der Waals surface area contributed by atoms with Crippen LogP contribution < -0.4 is 4.72 Å². The maximum Gasteiger partial charge on any atom is 0.338 e. The molecule has 0 aromatic heterocycles. The van der Waals surface area contributed by atoms with Gasteiger partial charge in [0.1, 0.15) is 5.82 Å². The van der Waals surface area contributed by atoms with E-state index in [1.54, 1.807) is 0 Å². The number of ether oxygens (including phenoxy) is 1. The van der Waals surface area contributed by atoms with Gasteiger partial charge in [0.15, 0.2) is 6.10 Å². The van der Waals surface area contributed by atoms with E-state index in [9.17, 15) is 27.2 Å². The van der Waals surface area contributed by atoms with Gasteiger partial charge >= 0.3 is 5.97 Å². The van der Waals surface area contributed by atoms with Crippen LogP contribution in [0.15, 0.2) is 53.4 Å². The van der Waals surface area contributed by atoms with E-state index < -0.39 is 39.7 Å². The maximum absolute atomic E-state index is 13.2. The summed E-state index contributed by atoms with van der Waals surface area (Å²) in [6, 6.07) is 9.77. The third-order valence-electron chi connectivity index (χ3n) is 4.99. The molecule has 1 aliphatic heterocycles. The van der Waals surface area contributed by atoms with Crippen LogP contribution in [-0.2, 0) is 19.6 Å². The highest BCUT2D eigenvalue weighted by Gasteiger charge is 2.34. The molecule has 1 N–H and O–H groups in total. The highest BCUT2D eigenvalue weighted by atomic mass is 32.2. The van der Waals surface area contributed by atoms with Crippen LogP contribution in [0.4, 0.5) is 4.39 Å². The number of nitrogens with zero attached hydrogens (tertiary/aromatic N) is 1. The van der Waals surface area contributed by atoms with Gasteiger partial charge in [0.2, 0.25) is 10.0 Å². The number of nitrogens with one attached hydrogen (secondary N) is 1. The molecule has 0 saturated carbocycles. The number of carbonyl (C=O) groups is 3. The number of carbonyl (C=O) groups excluding carboxylic acids is 3. The molecule has 1 fully saturated rings. The third kappa shape index (κ3) is 5.83. The number of likely N-dealkylation sites (tertiary alicyclic amines) is 1. The first-order chi connectivity index (χ1) is 15.7. The largest absolute Gasteiger partial charge is 0.449 e. The Kier molecular flexibility index (Phi) is 7.58. The van der Waals surface area contributed by atoms with E-state index in [2.05, 4.69) is 10.6 Å². The molecule has 33 heavy (non-hydrogen) atoms. The van der Waals surface area contributed by atoms with Crippen LogP contribution in [-0.4, -0.2) is 50.3 Å². The Morgan fingerprint density at radius 2 is 1.73 bits per heavy atom. The molecule has 0 unspecified atom stereocenters. The van der Waals surface area contributed by atoms with Gasteiger partial charge in [0.05, 0.1) is 17.0 Å². The molecule has 1 aliphatic rings. The second-order valence-electron chi connectivity index (χ2n) is 7.24. The molecule has 1 saturated heterocycles. The van der Waals surface area contributed by atoms with Crippen molar-refractivity contribution in [2.75, 3.05) is 13.1 Å². The third-order valence-corrected chi connectivity index (χ3v) is 6.41. The number of sulfonamides is 1. The minimum atomic E-state index is -3.82. The molecule has 2 aromatic rings. The first-order valence-corrected chi connectivity index (χ1v) is 11.6. The van der Waals surface area contributed by atoms with Gasteiger partial charge in [-0.1, -0.05) is 5.92 Å². The van der Waals surface area contributed by atoms with E-state index in [0.29, 0.717) is 12.8 Å². The maximum atomic E-state index is 13.2. The minimum absolute atomic E-state index is 0.0411. The van der Waals surface area contributed by atoms with Crippen LogP contribution in [0.5, 0.6) is 0 Å². The van der Waals surface area contributed by atoms with Gasteiger partial charge < -0.3 is 4.74 Å². The molecule has 0 spiro atoms. The predicted octanol–water partition coefficient (Wildman–Crippen LogP) is 2.12. The molecule has 0 radical (unpaired) electrons. The summed E-state index contributed by atoms with van der Waals surface area (Å²) in [6.45, 7) is -0.0244. The van der Waals surface area contributed by atoms with Gasteiger partial charge in [-0.25, -0.2) is 17.6 Å². The lowest BCUT2D eigenvalue weighted by Gasteiger charge is -2.22. The molecule has 2 amide bonds. The monoisotopic (exact) mass is 472 g/mol. The van der Waals surface area contributed by atoms with Crippen molar-refractivity contribution in [3.63, 3.8) is 0 Å². The fourth-order valence-electron chi connectivity index (χ4n) is 3.25. The summed E-state index contributed by atoms with van der Waals surface area (Å²) in [4.78, 5) is 39.2. The molecule has 8 nitrogen and oxygen atoms in total. The van der Waals surface area contributed by atoms with Crippen LogP contribution >= 0.6 is 0 Å². The number of halogens is 1. The lowest BCUT2D eigenvalue weighted by molar-refractivity contribution is -0.137. The predicted molar refractivity (Wildman–Crippen MR) is 116 cm³/mol. The van der Waals surface area contributed by atoms with Crippen molar-refractivity contribution in [3.05, 3.63) is 65.5 Å². The Morgan fingerprint density at radius 1 is 1.09 bits per heavy atom. The molecule has 0 aliphatic carbocycles. The lowest BCUT2D eigenvalue weighted by Crippen LogP contribution is -2.43. The van der Waals surface area contributed by atoms with E-state index in [-0.39, 0.29) is 35.5 Å². The number of imide groups is 1. The van der Waals surface area contributed by atoms with Gasteiger partial charge in [0, 0.05) is 12.1 Å². The van der Waals surface area contributed by atoms with Crippen molar-refractivity contribution < 1.29 is 31.9 Å². The van der Waals surface area contributed by atoms with Crippen LogP contribution in [0, 0.1) is 18.2 Å². The van der Waals surface area contributed by atoms with Crippen molar-refractivity contribution >= 4 is 27.8 Å². The van der Waals surface area contributed by atoms with Crippen LogP contribution in [0.1, 0.15) is 40.0 Å². The Labute approximate surface area is 190 Å². The Bertz CT molecular complexity index is 1190. The molecule has 1 heterocycles. The molecule has 3 rings (SSSR count). The summed E-state index contributed by atoms with van der Waals surface area (Å²) in [6.07, 6.45) is 5.19. The molecule has 172 valence electrons. The quantitative estimate of drug-likeness (QED) is 0.392. The highest BCUT2D eigenvalue weighted by Crippen LogP contribution is 2.20. The van der Waals surface area contributed by atoms with Gasteiger partial charge in [-0.15, -0.1) is 6.42 Å². The summed E-state index contributed by atoms with van der Waals surface area (Å²) in [5.41, 5.74) is 0.186. The normalized spacial score (nSPS) is 16.5. The van der Waals surface area contributed by atoms with Crippen molar-refractivity contribution in [1.29, 1.82) is 0 Å². The van der Waals surface area contributed by atoms with Crippen LogP contribution in [0.25, 0.3) is 0 Å². The van der Waals surface area contributed by atoms with Gasteiger partial charge in [-0.2, -0.15) is 4.72 Å². The van der Waals surface area contributed by atoms with E-state index in [0.717, 1.165) is 17.0 Å². The topological polar surface area (TPSA) is 110 Å². The number of terminal acetylenes is 1. The summed E-state index contributed by atoms with van der Waals surface area (Å²) >= 11 is 0. The summed E-state index contributed by atoms with van der Waals surface area (Å²) < 4.78 is 44.9. The van der Waals surface area contributed by atoms with Crippen LogP contribution in [0.2, 0.25) is 0 Å². The number of benzene rings is 2. The first-order valence-electron chi connectivity index (χ1n) is 10.1. The van der Waals surface area contributed by atoms with E-state index >= 15 is 0 Å². The van der Waals surface area contributed by atoms with E-state index in [1.807, 2.05) is 0 Å². The highest BCUT2D eigenvalue weighted by molar-refractivity contribution is 7.89. The zero-order valence-corrected chi connectivity index (χ0v) is 18.3. The second kappa shape index (κ2) is 10.4. The van der Waals surface area contributed by atoms with E-state index in [4.69, 9.17) is 11.2 Å². The van der Waals surface area contributed by atoms with Gasteiger partial charge in [-0.3, -0.25) is 14.5 Å². The molecular weight excluding hydrogens is 451 g/mol. The van der Waals surface area contributed by atoms with Gasteiger partial charge in [-0.05, 0) is 67.8 Å². The Balaban J connectivity index is 1.72. The number of esters is 1. The minimum Gasteiger partial charge on any atom is -0.449 e. The SMILES string of the molecule is C#CCNS(=O)(=O)c1ccc(C(=O)O[C@@H]2CCCCN(C(=O)c3ccc(F)cc3)C2=O)cc1. The van der Waals surface area contributed by atoms with E-state index in [1.165, 1.54) is 36.4 Å².